The van der Waals surface area contributed by atoms with E-state index in [2.05, 4.69) is 15.3 Å². The highest BCUT2D eigenvalue weighted by molar-refractivity contribution is 5.96. The van der Waals surface area contributed by atoms with Crippen LogP contribution >= 0.6 is 0 Å². The molecule has 0 spiro atoms. The van der Waals surface area contributed by atoms with Crippen LogP contribution < -0.4 is 5.32 Å². The van der Waals surface area contributed by atoms with Crippen molar-refractivity contribution in [1.29, 1.82) is 0 Å². The zero-order valence-corrected chi connectivity index (χ0v) is 10.1. The van der Waals surface area contributed by atoms with Crippen LogP contribution in [0, 0.1) is 0 Å². The predicted molar refractivity (Wildman–Crippen MR) is 66.0 cm³/mol. The molecule has 1 amide bonds. The van der Waals surface area contributed by atoms with Crippen molar-refractivity contribution in [2.75, 3.05) is 5.32 Å². The lowest BCUT2D eigenvalue weighted by Crippen LogP contribution is -2.27. The van der Waals surface area contributed by atoms with Gasteiger partial charge in [-0.15, -0.1) is 0 Å². The maximum absolute atomic E-state index is 11.6. The molecular formula is C12H15N3O2. The molecule has 2 rings (SSSR count). The Balaban J connectivity index is 2.18. The van der Waals surface area contributed by atoms with E-state index in [0.717, 1.165) is 11.0 Å². The lowest BCUT2D eigenvalue weighted by atomic mass is 10.2. The highest BCUT2D eigenvalue weighted by atomic mass is 16.6. The van der Waals surface area contributed by atoms with Gasteiger partial charge < -0.3 is 9.72 Å². The Hall–Kier alpha value is -2.04. The van der Waals surface area contributed by atoms with Crippen molar-refractivity contribution in [2.24, 2.45) is 0 Å². The van der Waals surface area contributed by atoms with Crippen molar-refractivity contribution in [3.8, 4) is 0 Å². The summed E-state index contributed by atoms with van der Waals surface area (Å²) < 4.78 is 5.18. The number of amides is 1. The molecule has 5 heteroatoms. The molecule has 1 heterocycles. The fraction of sp³-hybridized carbons (Fsp3) is 0.333. The van der Waals surface area contributed by atoms with E-state index >= 15 is 0 Å². The molecule has 0 aliphatic carbocycles. The topological polar surface area (TPSA) is 67.0 Å². The number of anilines is 1. The fourth-order valence-corrected chi connectivity index (χ4v) is 1.48. The number of fused-ring (bicyclic) bond motifs is 1. The van der Waals surface area contributed by atoms with Crippen LogP contribution in [0.3, 0.4) is 0 Å². The van der Waals surface area contributed by atoms with Crippen LogP contribution in [0.5, 0.6) is 0 Å². The van der Waals surface area contributed by atoms with E-state index in [4.69, 9.17) is 4.74 Å². The number of carbonyl (C=O) groups is 1. The normalized spacial score (nSPS) is 11.5. The quantitative estimate of drug-likeness (QED) is 0.795. The molecule has 2 aromatic rings. The molecule has 0 unspecified atom stereocenters. The lowest BCUT2D eigenvalue weighted by Gasteiger charge is -2.19. The summed E-state index contributed by atoms with van der Waals surface area (Å²) in [5.74, 6) is 0. The van der Waals surface area contributed by atoms with Crippen molar-refractivity contribution in [2.45, 2.75) is 26.4 Å². The number of imidazole rings is 1. The summed E-state index contributed by atoms with van der Waals surface area (Å²) in [6, 6.07) is 5.52. The van der Waals surface area contributed by atoms with Crippen molar-refractivity contribution in [3.63, 3.8) is 0 Å². The van der Waals surface area contributed by atoms with Crippen LogP contribution in [0.25, 0.3) is 11.0 Å². The molecule has 0 bridgehead atoms. The van der Waals surface area contributed by atoms with E-state index < -0.39 is 11.7 Å². The third kappa shape index (κ3) is 2.75. The zero-order chi connectivity index (χ0) is 12.5. The van der Waals surface area contributed by atoms with Gasteiger partial charge in [0.25, 0.3) is 0 Å². The molecule has 0 saturated carbocycles. The number of carbonyl (C=O) groups excluding carboxylic acids is 1. The van der Waals surface area contributed by atoms with Gasteiger partial charge >= 0.3 is 6.09 Å². The van der Waals surface area contributed by atoms with Gasteiger partial charge in [0.05, 0.1) is 17.5 Å². The van der Waals surface area contributed by atoms with Crippen molar-refractivity contribution in [3.05, 3.63) is 24.5 Å². The first kappa shape index (κ1) is 11.4. The highest BCUT2D eigenvalue weighted by Gasteiger charge is 2.17. The monoisotopic (exact) mass is 233 g/mol. The second-order valence-corrected chi connectivity index (χ2v) is 4.73. The van der Waals surface area contributed by atoms with Crippen LogP contribution in [0.1, 0.15) is 20.8 Å². The molecule has 0 aliphatic heterocycles. The van der Waals surface area contributed by atoms with Gasteiger partial charge in [-0.3, -0.25) is 5.32 Å². The minimum Gasteiger partial charge on any atom is -0.444 e. The van der Waals surface area contributed by atoms with Crippen molar-refractivity contribution < 1.29 is 9.53 Å². The standard InChI is InChI=1S/C12H15N3O2/c1-12(2,3)17-11(16)15-9-6-4-5-8-10(9)14-7-13-8/h4-7H,1-3H3,(H,13,14)(H,15,16). The zero-order valence-electron chi connectivity index (χ0n) is 10.1. The molecule has 1 aromatic carbocycles. The number of aromatic nitrogens is 2. The van der Waals surface area contributed by atoms with Gasteiger partial charge in [0.1, 0.15) is 11.1 Å². The number of nitrogens with one attached hydrogen (secondary N) is 2. The number of ether oxygens (including phenoxy) is 1. The maximum Gasteiger partial charge on any atom is 0.412 e. The van der Waals surface area contributed by atoms with E-state index in [9.17, 15) is 4.79 Å². The second-order valence-electron chi connectivity index (χ2n) is 4.73. The summed E-state index contributed by atoms with van der Waals surface area (Å²) in [6.07, 6.45) is 1.11. The van der Waals surface area contributed by atoms with Gasteiger partial charge in [-0.25, -0.2) is 9.78 Å². The smallest absolute Gasteiger partial charge is 0.412 e. The number of nitrogens with zero attached hydrogens (tertiary/aromatic N) is 1. The van der Waals surface area contributed by atoms with E-state index in [1.54, 1.807) is 12.4 Å². The van der Waals surface area contributed by atoms with E-state index in [1.165, 1.54) is 0 Å². The lowest BCUT2D eigenvalue weighted by molar-refractivity contribution is 0.0636. The van der Waals surface area contributed by atoms with Crippen LogP contribution in [0.15, 0.2) is 24.5 Å². The summed E-state index contributed by atoms with van der Waals surface area (Å²) in [5.41, 5.74) is 1.72. The van der Waals surface area contributed by atoms with Crippen molar-refractivity contribution in [1.82, 2.24) is 9.97 Å². The second kappa shape index (κ2) is 4.08. The molecule has 0 aliphatic rings. The van der Waals surface area contributed by atoms with Crippen LogP contribution in [-0.2, 0) is 4.74 Å². The van der Waals surface area contributed by atoms with Gasteiger partial charge in [-0.1, -0.05) is 6.07 Å². The summed E-state index contributed by atoms with van der Waals surface area (Å²) in [5, 5.41) is 2.68. The summed E-state index contributed by atoms with van der Waals surface area (Å²) >= 11 is 0. The molecule has 2 N–H and O–H groups in total. The van der Waals surface area contributed by atoms with Crippen LogP contribution in [0.4, 0.5) is 10.5 Å². The number of rotatable bonds is 1. The Morgan fingerprint density at radius 1 is 1.41 bits per heavy atom. The highest BCUT2D eigenvalue weighted by Crippen LogP contribution is 2.20. The number of hydrogen-bond acceptors (Lipinski definition) is 3. The van der Waals surface area contributed by atoms with E-state index in [0.29, 0.717) is 5.69 Å². The first-order valence-corrected chi connectivity index (χ1v) is 5.38. The largest absolute Gasteiger partial charge is 0.444 e. The first-order valence-electron chi connectivity index (χ1n) is 5.38. The molecule has 17 heavy (non-hydrogen) atoms. The predicted octanol–water partition coefficient (Wildman–Crippen LogP) is 2.91. The molecule has 0 saturated heterocycles. The van der Waals surface area contributed by atoms with E-state index in [-0.39, 0.29) is 0 Å². The molecule has 90 valence electrons. The molecule has 1 aromatic heterocycles. The Labute approximate surface area is 99.2 Å². The summed E-state index contributed by atoms with van der Waals surface area (Å²) in [4.78, 5) is 18.7. The molecule has 5 nitrogen and oxygen atoms in total. The third-order valence-electron chi connectivity index (χ3n) is 2.09. The van der Waals surface area contributed by atoms with Gasteiger partial charge in [-0.05, 0) is 32.9 Å². The fourth-order valence-electron chi connectivity index (χ4n) is 1.48. The van der Waals surface area contributed by atoms with Crippen LogP contribution in [0.2, 0.25) is 0 Å². The average molecular weight is 233 g/mol. The minimum absolute atomic E-state index is 0.479. The maximum atomic E-state index is 11.6. The minimum atomic E-state index is -0.510. The number of hydrogen-bond donors (Lipinski definition) is 2. The number of para-hydroxylation sites is 1. The van der Waals surface area contributed by atoms with Gasteiger partial charge in [-0.2, -0.15) is 0 Å². The molecule has 0 atom stereocenters. The Morgan fingerprint density at radius 2 is 2.18 bits per heavy atom. The van der Waals surface area contributed by atoms with Gasteiger partial charge in [0, 0.05) is 0 Å². The third-order valence-corrected chi connectivity index (χ3v) is 2.09. The summed E-state index contributed by atoms with van der Waals surface area (Å²) in [6.45, 7) is 5.46. The Bertz CT molecular complexity index is 540. The average Bonchev–Trinajstić information content (AvgIpc) is 2.63. The number of aromatic amines is 1. The van der Waals surface area contributed by atoms with E-state index in [1.807, 2.05) is 32.9 Å². The van der Waals surface area contributed by atoms with Crippen molar-refractivity contribution >= 4 is 22.8 Å². The number of H-pyrrole nitrogens is 1. The molecule has 0 radical (unpaired) electrons. The molecule has 0 fully saturated rings. The number of benzene rings is 1. The first-order chi connectivity index (χ1) is 7.96. The Morgan fingerprint density at radius 3 is 2.88 bits per heavy atom. The SMILES string of the molecule is CC(C)(C)OC(=O)Nc1cccc2[nH]cnc12. The van der Waals surface area contributed by atoms with Crippen LogP contribution in [-0.4, -0.2) is 21.7 Å². The summed E-state index contributed by atoms with van der Waals surface area (Å²) in [7, 11) is 0. The van der Waals surface area contributed by atoms with Gasteiger partial charge in [0.2, 0.25) is 0 Å². The Kier molecular flexibility index (Phi) is 2.75. The molecular weight excluding hydrogens is 218 g/mol. The van der Waals surface area contributed by atoms with Gasteiger partial charge in [0.15, 0.2) is 0 Å².